The summed E-state index contributed by atoms with van der Waals surface area (Å²) in [4.78, 5) is 26.8. The molecule has 0 radical (unpaired) electrons. The fourth-order valence-corrected chi connectivity index (χ4v) is 6.10. The van der Waals surface area contributed by atoms with Crippen LogP contribution in [0.25, 0.3) is 10.9 Å². The van der Waals surface area contributed by atoms with Gasteiger partial charge in [0.05, 0.1) is 17.6 Å². The van der Waals surface area contributed by atoms with Crippen molar-refractivity contribution >= 4 is 23.3 Å². The van der Waals surface area contributed by atoms with Crippen LogP contribution in [0.3, 0.4) is 0 Å². The zero-order chi connectivity index (χ0) is 22.8. The SMILES string of the molecule is O=C(Cc1[nH]nc2ccccc12)NC1C2CN3CCN(C2)CC1(c1ccccc1)C3.O=CO. The first kappa shape index (κ1) is 21.6. The highest BCUT2D eigenvalue weighted by molar-refractivity contribution is 5.87. The first-order chi connectivity index (χ1) is 16.1. The summed E-state index contributed by atoms with van der Waals surface area (Å²) in [5.74, 6) is 0.540. The average molecular weight is 448 g/mol. The number of nitrogens with one attached hydrogen (secondary N) is 2. The van der Waals surface area contributed by atoms with E-state index in [2.05, 4.69) is 55.6 Å². The van der Waals surface area contributed by atoms with E-state index < -0.39 is 0 Å². The van der Waals surface area contributed by atoms with E-state index in [1.807, 2.05) is 24.3 Å². The van der Waals surface area contributed by atoms with Gasteiger partial charge in [-0.2, -0.15) is 5.10 Å². The number of nitrogens with zero attached hydrogens (tertiary/aromatic N) is 3. The highest BCUT2D eigenvalue weighted by Gasteiger charge is 2.55. The largest absolute Gasteiger partial charge is 0.483 e. The van der Waals surface area contributed by atoms with Gasteiger partial charge >= 0.3 is 0 Å². The molecule has 4 bridgehead atoms. The average Bonchev–Trinajstić information content (AvgIpc) is 3.05. The summed E-state index contributed by atoms with van der Waals surface area (Å²) in [7, 11) is 0. The van der Waals surface area contributed by atoms with Crippen molar-refractivity contribution < 1.29 is 14.7 Å². The first-order valence-electron chi connectivity index (χ1n) is 11.4. The van der Waals surface area contributed by atoms with Crippen molar-refractivity contribution in [3.05, 3.63) is 65.9 Å². The molecule has 8 nitrogen and oxygen atoms in total. The molecule has 7 rings (SSSR count). The lowest BCUT2D eigenvalue weighted by molar-refractivity contribution is -0.124. The van der Waals surface area contributed by atoms with Gasteiger partial charge in [-0.05, 0) is 11.6 Å². The smallest absolute Gasteiger partial charge is 0.290 e. The molecule has 8 heteroatoms. The predicted octanol–water partition coefficient (Wildman–Crippen LogP) is 1.49. The molecule has 3 aromatic rings. The van der Waals surface area contributed by atoms with Crippen LogP contribution in [-0.4, -0.2) is 82.8 Å². The van der Waals surface area contributed by atoms with Crippen molar-refractivity contribution in [2.24, 2.45) is 5.92 Å². The highest BCUT2D eigenvalue weighted by atomic mass is 16.3. The number of hydrogen-bond acceptors (Lipinski definition) is 5. The topological polar surface area (TPSA) is 102 Å². The van der Waals surface area contributed by atoms with Gasteiger partial charge in [-0.3, -0.25) is 14.7 Å². The lowest BCUT2D eigenvalue weighted by Gasteiger charge is -2.55. The van der Waals surface area contributed by atoms with Gasteiger partial charge in [0.15, 0.2) is 0 Å². The van der Waals surface area contributed by atoms with Crippen LogP contribution in [0, 0.1) is 5.92 Å². The Morgan fingerprint density at radius 3 is 2.42 bits per heavy atom. The molecule has 3 atom stereocenters. The molecule has 5 heterocycles. The molecular formula is C25H29N5O3. The van der Waals surface area contributed by atoms with E-state index >= 15 is 0 Å². The Kier molecular flexibility index (Phi) is 5.86. The van der Waals surface area contributed by atoms with Crippen molar-refractivity contribution in [3.8, 4) is 0 Å². The summed E-state index contributed by atoms with van der Waals surface area (Å²) in [6.45, 7) is 6.19. The van der Waals surface area contributed by atoms with Crippen LogP contribution in [0.5, 0.6) is 0 Å². The van der Waals surface area contributed by atoms with Gasteiger partial charge in [0.1, 0.15) is 0 Å². The quantitative estimate of drug-likeness (QED) is 0.524. The normalized spacial score (nSPS) is 29.7. The molecule has 0 spiro atoms. The molecule has 3 unspecified atom stereocenters. The van der Waals surface area contributed by atoms with Gasteiger partial charge in [-0.15, -0.1) is 0 Å². The number of rotatable bonds is 4. The van der Waals surface area contributed by atoms with Crippen molar-refractivity contribution in [1.29, 1.82) is 0 Å². The van der Waals surface area contributed by atoms with E-state index in [1.54, 1.807) is 0 Å². The Labute approximate surface area is 192 Å². The van der Waals surface area contributed by atoms with Gasteiger partial charge in [0.25, 0.3) is 6.47 Å². The molecular weight excluding hydrogens is 418 g/mol. The molecule has 4 aliphatic rings. The minimum absolute atomic E-state index is 0.0510. The van der Waals surface area contributed by atoms with Crippen molar-refractivity contribution in [1.82, 2.24) is 25.3 Å². The number of aromatic nitrogens is 2. The van der Waals surface area contributed by atoms with Crippen LogP contribution < -0.4 is 5.32 Å². The van der Waals surface area contributed by atoms with E-state index in [0.29, 0.717) is 12.3 Å². The molecule has 3 N–H and O–H groups in total. The third kappa shape index (κ3) is 4.00. The van der Waals surface area contributed by atoms with Crippen LogP contribution in [0.4, 0.5) is 0 Å². The summed E-state index contributed by atoms with van der Waals surface area (Å²) < 4.78 is 0. The second kappa shape index (κ2) is 8.96. The standard InChI is InChI=1S/C24H27N5O.CH2O2/c30-22(12-21-19-8-4-5-9-20(19)26-27-21)25-23-17-13-28-10-11-29(14-17)16-24(23,15-28)18-6-2-1-3-7-18;2-1-3/h1-9,17,23H,10-16H2,(H,25,30)(H,26,27);1H,(H,2,3). The number of carbonyl (C=O) groups excluding carboxylic acids is 1. The van der Waals surface area contributed by atoms with Gasteiger partial charge in [-0.1, -0.05) is 48.5 Å². The highest BCUT2D eigenvalue weighted by Crippen LogP contribution is 2.43. The summed E-state index contributed by atoms with van der Waals surface area (Å²) in [6, 6.07) is 19.0. The van der Waals surface area contributed by atoms with Crippen molar-refractivity contribution in [2.75, 3.05) is 39.3 Å². The minimum atomic E-state index is -0.250. The number of aromatic amines is 1. The second-order valence-corrected chi connectivity index (χ2v) is 9.30. The lowest BCUT2D eigenvalue weighted by Crippen LogP contribution is -2.70. The molecule has 0 aliphatic carbocycles. The molecule has 0 saturated carbocycles. The number of hydrogen-bond donors (Lipinski definition) is 3. The fraction of sp³-hybridized carbons (Fsp3) is 0.400. The van der Waals surface area contributed by atoms with Crippen LogP contribution in [-0.2, 0) is 21.4 Å². The number of H-pyrrole nitrogens is 1. The molecule has 4 aliphatic heterocycles. The second-order valence-electron chi connectivity index (χ2n) is 9.30. The Hall–Kier alpha value is -3.23. The van der Waals surface area contributed by atoms with E-state index in [9.17, 15) is 4.79 Å². The zero-order valence-electron chi connectivity index (χ0n) is 18.5. The third-order valence-corrected chi connectivity index (χ3v) is 7.34. The maximum absolute atomic E-state index is 13.2. The van der Waals surface area contributed by atoms with Gasteiger partial charge < -0.3 is 20.2 Å². The molecule has 172 valence electrons. The van der Waals surface area contributed by atoms with Crippen LogP contribution in [0.15, 0.2) is 54.6 Å². The summed E-state index contributed by atoms with van der Waals surface area (Å²) in [5.41, 5.74) is 3.10. The Morgan fingerprint density at radius 1 is 1.09 bits per heavy atom. The van der Waals surface area contributed by atoms with E-state index in [4.69, 9.17) is 9.90 Å². The van der Waals surface area contributed by atoms with Crippen molar-refractivity contribution in [3.63, 3.8) is 0 Å². The van der Waals surface area contributed by atoms with Crippen molar-refractivity contribution in [2.45, 2.75) is 17.9 Å². The number of benzene rings is 2. The lowest BCUT2D eigenvalue weighted by atomic mass is 9.64. The number of carboxylic acid groups (broad SMARTS) is 1. The Morgan fingerprint density at radius 2 is 1.73 bits per heavy atom. The number of fused-ring (bicyclic) bond motifs is 2. The number of amides is 1. The van der Waals surface area contributed by atoms with E-state index in [0.717, 1.165) is 55.9 Å². The predicted molar refractivity (Wildman–Crippen MR) is 125 cm³/mol. The minimum Gasteiger partial charge on any atom is -0.483 e. The zero-order valence-corrected chi connectivity index (χ0v) is 18.5. The van der Waals surface area contributed by atoms with Crippen LogP contribution >= 0.6 is 0 Å². The summed E-state index contributed by atoms with van der Waals surface area (Å²) >= 11 is 0. The summed E-state index contributed by atoms with van der Waals surface area (Å²) in [5, 5.41) is 18.8. The molecule has 4 saturated heterocycles. The first-order valence-corrected chi connectivity index (χ1v) is 11.4. The molecule has 1 amide bonds. The third-order valence-electron chi connectivity index (χ3n) is 7.34. The molecule has 33 heavy (non-hydrogen) atoms. The van der Waals surface area contributed by atoms with Gasteiger partial charge in [0.2, 0.25) is 5.91 Å². The number of para-hydroxylation sites is 1. The van der Waals surface area contributed by atoms with E-state index in [1.165, 1.54) is 5.56 Å². The van der Waals surface area contributed by atoms with Gasteiger partial charge in [-0.25, -0.2) is 0 Å². The molecule has 1 aromatic heterocycles. The Bertz CT molecular complexity index is 1120. The van der Waals surface area contributed by atoms with E-state index in [-0.39, 0.29) is 23.8 Å². The monoisotopic (exact) mass is 447 g/mol. The van der Waals surface area contributed by atoms with Gasteiger partial charge in [0, 0.05) is 62.0 Å². The number of carbonyl (C=O) groups is 2. The Balaban J connectivity index is 0.000000724. The molecule has 4 fully saturated rings. The summed E-state index contributed by atoms with van der Waals surface area (Å²) in [6.07, 6.45) is 0.335. The van der Waals surface area contributed by atoms with Crippen LogP contribution in [0.1, 0.15) is 11.3 Å². The molecule has 2 aromatic carbocycles. The fourth-order valence-electron chi connectivity index (χ4n) is 6.10. The maximum Gasteiger partial charge on any atom is 0.290 e. The maximum atomic E-state index is 13.2. The number of piperidine rings is 2. The van der Waals surface area contributed by atoms with Crippen LogP contribution in [0.2, 0.25) is 0 Å².